The van der Waals surface area contributed by atoms with Gasteiger partial charge in [0, 0.05) is 36.7 Å². The van der Waals surface area contributed by atoms with Gasteiger partial charge < -0.3 is 9.80 Å². The summed E-state index contributed by atoms with van der Waals surface area (Å²) in [7, 11) is 2.20. The zero-order chi connectivity index (χ0) is 11.5. The molecule has 0 spiro atoms. The van der Waals surface area contributed by atoms with E-state index in [-0.39, 0.29) is 0 Å². The van der Waals surface area contributed by atoms with Crippen LogP contribution in [0.2, 0.25) is 0 Å². The van der Waals surface area contributed by atoms with Crippen LogP contribution in [0, 0.1) is 0 Å². The number of halogens is 1. The van der Waals surface area contributed by atoms with Crippen molar-refractivity contribution >= 4 is 21.6 Å². The molecule has 0 N–H and O–H groups in total. The van der Waals surface area contributed by atoms with Gasteiger partial charge in [-0.1, -0.05) is 28.1 Å². The van der Waals surface area contributed by atoms with Crippen LogP contribution in [0.4, 0.5) is 5.69 Å². The SMILES string of the molecule is CC1CN(c2ccc(CBr)cc2)CCN1C. The molecule has 0 radical (unpaired) electrons. The molecular formula is C13H19BrN2. The van der Waals surface area contributed by atoms with Crippen LogP contribution in [-0.4, -0.2) is 37.6 Å². The molecule has 1 fully saturated rings. The highest BCUT2D eigenvalue weighted by Crippen LogP contribution is 2.19. The summed E-state index contributed by atoms with van der Waals surface area (Å²) in [6, 6.07) is 9.51. The third kappa shape index (κ3) is 2.58. The van der Waals surface area contributed by atoms with Crippen molar-refractivity contribution in [2.24, 2.45) is 0 Å². The Labute approximate surface area is 106 Å². The molecule has 1 aromatic rings. The van der Waals surface area contributed by atoms with Gasteiger partial charge in [0.1, 0.15) is 0 Å². The molecule has 2 nitrogen and oxygen atoms in total. The van der Waals surface area contributed by atoms with Crippen LogP contribution in [0.5, 0.6) is 0 Å². The van der Waals surface area contributed by atoms with Crippen molar-refractivity contribution in [2.75, 3.05) is 31.6 Å². The number of benzene rings is 1. The van der Waals surface area contributed by atoms with Gasteiger partial charge in [-0.05, 0) is 31.7 Å². The van der Waals surface area contributed by atoms with E-state index in [0.717, 1.165) is 25.0 Å². The second-order valence-electron chi connectivity index (χ2n) is 4.58. The molecular weight excluding hydrogens is 264 g/mol. The first-order valence-electron chi connectivity index (χ1n) is 5.81. The lowest BCUT2D eigenvalue weighted by atomic mass is 10.1. The monoisotopic (exact) mass is 282 g/mol. The number of nitrogens with zero attached hydrogens (tertiary/aromatic N) is 2. The highest BCUT2D eigenvalue weighted by molar-refractivity contribution is 9.08. The van der Waals surface area contributed by atoms with Gasteiger partial charge in [0.15, 0.2) is 0 Å². The Kier molecular flexibility index (Phi) is 3.87. The Balaban J connectivity index is 2.06. The van der Waals surface area contributed by atoms with Gasteiger partial charge in [0.2, 0.25) is 0 Å². The van der Waals surface area contributed by atoms with E-state index in [1.165, 1.54) is 11.3 Å². The van der Waals surface area contributed by atoms with Crippen molar-refractivity contribution < 1.29 is 0 Å². The lowest BCUT2D eigenvalue weighted by Gasteiger charge is -2.39. The maximum Gasteiger partial charge on any atom is 0.0367 e. The first-order valence-corrected chi connectivity index (χ1v) is 6.93. The molecule has 0 aliphatic carbocycles. The number of anilines is 1. The van der Waals surface area contributed by atoms with Crippen LogP contribution in [0.1, 0.15) is 12.5 Å². The Bertz CT molecular complexity index is 336. The lowest BCUT2D eigenvalue weighted by Crippen LogP contribution is -2.50. The fourth-order valence-electron chi connectivity index (χ4n) is 2.08. The summed E-state index contributed by atoms with van der Waals surface area (Å²) in [6.07, 6.45) is 0. The first-order chi connectivity index (χ1) is 7.70. The summed E-state index contributed by atoms with van der Waals surface area (Å²) in [5.41, 5.74) is 2.69. The molecule has 1 unspecified atom stereocenters. The zero-order valence-electron chi connectivity index (χ0n) is 9.99. The summed E-state index contributed by atoms with van der Waals surface area (Å²) in [4.78, 5) is 4.89. The highest BCUT2D eigenvalue weighted by atomic mass is 79.9. The number of alkyl halides is 1. The molecule has 1 heterocycles. The van der Waals surface area contributed by atoms with Crippen molar-refractivity contribution in [1.29, 1.82) is 0 Å². The smallest absolute Gasteiger partial charge is 0.0367 e. The Morgan fingerprint density at radius 3 is 2.50 bits per heavy atom. The quantitative estimate of drug-likeness (QED) is 0.770. The fourth-order valence-corrected chi connectivity index (χ4v) is 2.45. The van der Waals surface area contributed by atoms with Crippen molar-refractivity contribution in [3.63, 3.8) is 0 Å². The number of piperazine rings is 1. The molecule has 1 saturated heterocycles. The van der Waals surface area contributed by atoms with Crippen molar-refractivity contribution in [3.8, 4) is 0 Å². The first kappa shape index (κ1) is 11.9. The highest BCUT2D eigenvalue weighted by Gasteiger charge is 2.20. The number of rotatable bonds is 2. The summed E-state index contributed by atoms with van der Waals surface area (Å²) in [6.45, 7) is 5.71. The van der Waals surface area contributed by atoms with Crippen LogP contribution in [-0.2, 0) is 5.33 Å². The normalized spacial score (nSPS) is 22.4. The number of likely N-dealkylation sites (N-methyl/N-ethyl adjacent to an activating group) is 1. The summed E-state index contributed by atoms with van der Waals surface area (Å²) in [5.74, 6) is 0. The second kappa shape index (κ2) is 5.19. The molecule has 1 atom stereocenters. The van der Waals surface area contributed by atoms with Gasteiger partial charge in [-0.3, -0.25) is 0 Å². The molecule has 0 bridgehead atoms. The molecule has 0 amide bonds. The second-order valence-corrected chi connectivity index (χ2v) is 5.14. The van der Waals surface area contributed by atoms with Crippen molar-refractivity contribution in [1.82, 2.24) is 4.90 Å². The van der Waals surface area contributed by atoms with Gasteiger partial charge in [0.05, 0.1) is 0 Å². The van der Waals surface area contributed by atoms with Gasteiger partial charge in [-0.15, -0.1) is 0 Å². The zero-order valence-corrected chi connectivity index (χ0v) is 11.6. The molecule has 1 aliphatic rings. The number of hydrogen-bond acceptors (Lipinski definition) is 2. The maximum atomic E-state index is 3.48. The van der Waals surface area contributed by atoms with E-state index in [1.54, 1.807) is 0 Å². The Morgan fingerprint density at radius 2 is 1.94 bits per heavy atom. The molecule has 0 aromatic heterocycles. The average molecular weight is 283 g/mol. The third-order valence-corrected chi connectivity index (χ3v) is 4.06. The maximum absolute atomic E-state index is 3.48. The minimum Gasteiger partial charge on any atom is -0.369 e. The lowest BCUT2D eigenvalue weighted by molar-refractivity contribution is 0.234. The minimum absolute atomic E-state index is 0.643. The van der Waals surface area contributed by atoms with Crippen LogP contribution < -0.4 is 4.90 Å². The summed E-state index contributed by atoms with van der Waals surface area (Å²) >= 11 is 3.48. The van der Waals surface area contributed by atoms with E-state index in [1.807, 2.05) is 0 Å². The van der Waals surface area contributed by atoms with E-state index in [2.05, 4.69) is 64.0 Å². The molecule has 0 saturated carbocycles. The average Bonchev–Trinajstić information content (AvgIpc) is 2.33. The third-order valence-electron chi connectivity index (χ3n) is 3.42. The van der Waals surface area contributed by atoms with E-state index in [4.69, 9.17) is 0 Å². The van der Waals surface area contributed by atoms with Crippen molar-refractivity contribution in [2.45, 2.75) is 18.3 Å². The molecule has 1 aromatic carbocycles. The Hall–Kier alpha value is -0.540. The van der Waals surface area contributed by atoms with Gasteiger partial charge >= 0.3 is 0 Å². The molecule has 2 rings (SSSR count). The number of hydrogen-bond donors (Lipinski definition) is 0. The summed E-state index contributed by atoms with van der Waals surface area (Å²) < 4.78 is 0. The predicted octanol–water partition coefficient (Wildman–Crippen LogP) is 2.72. The van der Waals surface area contributed by atoms with E-state index < -0.39 is 0 Å². The van der Waals surface area contributed by atoms with E-state index >= 15 is 0 Å². The van der Waals surface area contributed by atoms with E-state index in [9.17, 15) is 0 Å². The van der Waals surface area contributed by atoms with Crippen LogP contribution in [0.3, 0.4) is 0 Å². The van der Waals surface area contributed by atoms with Crippen LogP contribution in [0.15, 0.2) is 24.3 Å². The molecule has 88 valence electrons. The van der Waals surface area contributed by atoms with Crippen LogP contribution >= 0.6 is 15.9 Å². The predicted molar refractivity (Wildman–Crippen MR) is 73.4 cm³/mol. The summed E-state index contributed by atoms with van der Waals surface area (Å²) in [5, 5.41) is 0.937. The van der Waals surface area contributed by atoms with Gasteiger partial charge in [0.25, 0.3) is 0 Å². The molecule has 1 aliphatic heterocycles. The standard InChI is InChI=1S/C13H19BrN2/c1-11-10-16(8-7-15(11)2)13-5-3-12(9-14)4-6-13/h3-6,11H,7-10H2,1-2H3. The van der Waals surface area contributed by atoms with Crippen LogP contribution in [0.25, 0.3) is 0 Å². The molecule has 16 heavy (non-hydrogen) atoms. The van der Waals surface area contributed by atoms with Gasteiger partial charge in [-0.2, -0.15) is 0 Å². The fraction of sp³-hybridized carbons (Fsp3) is 0.538. The topological polar surface area (TPSA) is 6.48 Å². The Morgan fingerprint density at radius 1 is 1.25 bits per heavy atom. The van der Waals surface area contributed by atoms with Gasteiger partial charge in [-0.25, -0.2) is 0 Å². The van der Waals surface area contributed by atoms with E-state index in [0.29, 0.717) is 6.04 Å². The largest absolute Gasteiger partial charge is 0.369 e. The van der Waals surface area contributed by atoms with Crippen molar-refractivity contribution in [3.05, 3.63) is 29.8 Å². The minimum atomic E-state index is 0.643. The molecule has 3 heteroatoms.